The van der Waals surface area contributed by atoms with E-state index in [9.17, 15) is 4.79 Å². The number of aromatic nitrogens is 1. The SMILES string of the molecule is CN1CCN(CC(=O)Nc2c3c(nc4ccccc24)N(c2ccccc2)CC3)CC1. The predicted octanol–water partition coefficient (Wildman–Crippen LogP) is 3.11. The number of rotatable bonds is 4. The van der Waals surface area contributed by atoms with Crippen molar-refractivity contribution in [2.24, 2.45) is 0 Å². The van der Waals surface area contributed by atoms with E-state index in [0.29, 0.717) is 6.54 Å². The molecule has 1 fully saturated rings. The summed E-state index contributed by atoms with van der Waals surface area (Å²) in [5.41, 5.74) is 4.10. The zero-order chi connectivity index (χ0) is 20.5. The number of nitrogens with zero attached hydrogens (tertiary/aromatic N) is 4. The van der Waals surface area contributed by atoms with Crippen LogP contribution in [-0.4, -0.2) is 67.0 Å². The number of pyridine rings is 1. The highest BCUT2D eigenvalue weighted by molar-refractivity contribution is 6.05. The van der Waals surface area contributed by atoms with Gasteiger partial charge >= 0.3 is 0 Å². The molecular formula is C24H27N5O. The molecule has 3 heterocycles. The van der Waals surface area contributed by atoms with E-state index < -0.39 is 0 Å². The van der Waals surface area contributed by atoms with E-state index in [4.69, 9.17) is 4.98 Å². The Kier molecular flexibility index (Phi) is 5.11. The summed E-state index contributed by atoms with van der Waals surface area (Å²) < 4.78 is 0. The molecule has 0 atom stereocenters. The highest BCUT2D eigenvalue weighted by Crippen LogP contribution is 2.40. The zero-order valence-corrected chi connectivity index (χ0v) is 17.3. The maximum absolute atomic E-state index is 13.0. The number of likely N-dealkylation sites (N-methyl/N-ethyl adjacent to an activating group) is 1. The van der Waals surface area contributed by atoms with Crippen molar-refractivity contribution in [2.45, 2.75) is 6.42 Å². The summed E-state index contributed by atoms with van der Waals surface area (Å²) in [6, 6.07) is 18.4. The zero-order valence-electron chi connectivity index (χ0n) is 17.3. The van der Waals surface area contributed by atoms with Crippen LogP contribution in [-0.2, 0) is 11.2 Å². The van der Waals surface area contributed by atoms with Gasteiger partial charge in [-0.05, 0) is 31.7 Å². The fourth-order valence-electron chi connectivity index (χ4n) is 4.42. The number of para-hydroxylation sites is 2. The van der Waals surface area contributed by atoms with Crippen molar-refractivity contribution in [3.05, 3.63) is 60.2 Å². The highest BCUT2D eigenvalue weighted by Gasteiger charge is 2.27. The topological polar surface area (TPSA) is 51.7 Å². The molecule has 1 aromatic heterocycles. The number of hydrogen-bond donors (Lipinski definition) is 1. The van der Waals surface area contributed by atoms with Gasteiger partial charge in [0, 0.05) is 49.4 Å². The molecule has 6 nitrogen and oxygen atoms in total. The van der Waals surface area contributed by atoms with Crippen LogP contribution >= 0.6 is 0 Å². The molecule has 0 spiro atoms. The highest BCUT2D eigenvalue weighted by atomic mass is 16.2. The minimum absolute atomic E-state index is 0.0521. The molecule has 0 aliphatic carbocycles. The molecule has 0 bridgehead atoms. The number of nitrogens with one attached hydrogen (secondary N) is 1. The Balaban J connectivity index is 1.47. The third kappa shape index (κ3) is 3.64. The summed E-state index contributed by atoms with van der Waals surface area (Å²) in [4.78, 5) is 24.7. The second-order valence-corrected chi connectivity index (χ2v) is 8.17. The van der Waals surface area contributed by atoms with Gasteiger partial charge in [0.15, 0.2) is 0 Å². The first-order valence-corrected chi connectivity index (χ1v) is 10.6. The van der Waals surface area contributed by atoms with Crippen molar-refractivity contribution < 1.29 is 4.79 Å². The lowest BCUT2D eigenvalue weighted by Gasteiger charge is -2.31. The normalized spacial score (nSPS) is 17.3. The van der Waals surface area contributed by atoms with E-state index in [1.165, 1.54) is 0 Å². The molecule has 2 aliphatic rings. The summed E-state index contributed by atoms with van der Waals surface area (Å²) in [5, 5.41) is 4.27. The van der Waals surface area contributed by atoms with Gasteiger partial charge in [-0.1, -0.05) is 36.4 Å². The minimum atomic E-state index is 0.0521. The lowest BCUT2D eigenvalue weighted by Crippen LogP contribution is -2.47. The quantitative estimate of drug-likeness (QED) is 0.728. The third-order valence-electron chi connectivity index (χ3n) is 6.11. The Morgan fingerprint density at radius 2 is 1.70 bits per heavy atom. The maximum atomic E-state index is 13.0. The van der Waals surface area contributed by atoms with Crippen molar-refractivity contribution in [2.75, 3.05) is 56.5 Å². The van der Waals surface area contributed by atoms with E-state index in [1.54, 1.807) is 0 Å². The van der Waals surface area contributed by atoms with E-state index in [-0.39, 0.29) is 5.91 Å². The van der Waals surface area contributed by atoms with Gasteiger partial charge in [-0.3, -0.25) is 9.69 Å². The Labute approximate surface area is 177 Å². The van der Waals surface area contributed by atoms with Crippen LogP contribution in [0, 0.1) is 0 Å². The summed E-state index contributed by atoms with van der Waals surface area (Å²) in [7, 11) is 2.13. The number of piperazine rings is 1. The summed E-state index contributed by atoms with van der Waals surface area (Å²) in [6.07, 6.45) is 0.867. The maximum Gasteiger partial charge on any atom is 0.238 e. The third-order valence-corrected chi connectivity index (χ3v) is 6.11. The number of hydrogen-bond acceptors (Lipinski definition) is 5. The van der Waals surface area contributed by atoms with Gasteiger partial charge in [-0.15, -0.1) is 0 Å². The van der Waals surface area contributed by atoms with Crippen LogP contribution in [0.3, 0.4) is 0 Å². The molecule has 1 N–H and O–H groups in total. The second kappa shape index (κ2) is 8.05. The van der Waals surface area contributed by atoms with Gasteiger partial charge in [0.25, 0.3) is 0 Å². The molecule has 6 heteroatoms. The summed E-state index contributed by atoms with van der Waals surface area (Å²) in [5.74, 6) is 1.01. The lowest BCUT2D eigenvalue weighted by molar-refractivity contribution is -0.117. The molecule has 2 aliphatic heterocycles. The molecule has 0 unspecified atom stereocenters. The monoisotopic (exact) mass is 401 g/mol. The first-order valence-electron chi connectivity index (χ1n) is 10.6. The van der Waals surface area contributed by atoms with Crippen LogP contribution in [0.1, 0.15) is 5.56 Å². The van der Waals surface area contributed by atoms with E-state index in [0.717, 1.165) is 72.8 Å². The second-order valence-electron chi connectivity index (χ2n) is 8.17. The number of benzene rings is 2. The number of carbonyl (C=O) groups excluding carboxylic acids is 1. The molecule has 5 rings (SSSR count). The molecule has 30 heavy (non-hydrogen) atoms. The molecule has 1 amide bonds. The summed E-state index contributed by atoms with van der Waals surface area (Å²) in [6.45, 7) is 5.17. The van der Waals surface area contributed by atoms with E-state index >= 15 is 0 Å². The fourth-order valence-corrected chi connectivity index (χ4v) is 4.42. The van der Waals surface area contributed by atoms with Gasteiger partial charge < -0.3 is 15.1 Å². The average molecular weight is 402 g/mol. The van der Waals surface area contributed by atoms with Gasteiger partial charge in [0.1, 0.15) is 5.82 Å². The van der Waals surface area contributed by atoms with Gasteiger partial charge in [0.2, 0.25) is 5.91 Å². The molecule has 2 aromatic carbocycles. The number of anilines is 3. The van der Waals surface area contributed by atoms with Crippen molar-refractivity contribution in [3.63, 3.8) is 0 Å². The van der Waals surface area contributed by atoms with Crippen molar-refractivity contribution in [1.29, 1.82) is 0 Å². The Morgan fingerprint density at radius 3 is 2.50 bits per heavy atom. The van der Waals surface area contributed by atoms with Crippen molar-refractivity contribution >= 4 is 34.0 Å². The lowest BCUT2D eigenvalue weighted by atomic mass is 10.1. The van der Waals surface area contributed by atoms with E-state index in [2.05, 4.69) is 45.3 Å². The van der Waals surface area contributed by atoms with Crippen LogP contribution < -0.4 is 10.2 Å². The van der Waals surface area contributed by atoms with Crippen LogP contribution in [0.4, 0.5) is 17.2 Å². The molecular weight excluding hydrogens is 374 g/mol. The Morgan fingerprint density at radius 1 is 0.967 bits per heavy atom. The largest absolute Gasteiger partial charge is 0.326 e. The van der Waals surface area contributed by atoms with Crippen LogP contribution in [0.15, 0.2) is 54.6 Å². The molecule has 1 saturated heterocycles. The average Bonchev–Trinajstić information content (AvgIpc) is 3.19. The fraction of sp³-hybridized carbons (Fsp3) is 0.333. The number of fused-ring (bicyclic) bond motifs is 2. The van der Waals surface area contributed by atoms with Crippen LogP contribution in [0.25, 0.3) is 10.9 Å². The Hall–Kier alpha value is -2.96. The summed E-state index contributed by atoms with van der Waals surface area (Å²) >= 11 is 0. The first kappa shape index (κ1) is 19.0. The Bertz CT molecular complexity index is 1060. The standard InChI is InChI=1S/C24H27N5O/c1-27-13-15-28(16-14-27)17-22(30)26-23-19-9-5-6-10-21(19)25-24-20(23)11-12-29(24)18-7-3-2-4-8-18/h2-10H,11-17H2,1H3,(H,25,26,30). The van der Waals surface area contributed by atoms with Crippen molar-refractivity contribution in [3.8, 4) is 0 Å². The van der Waals surface area contributed by atoms with Gasteiger partial charge in [-0.2, -0.15) is 0 Å². The molecule has 154 valence electrons. The smallest absolute Gasteiger partial charge is 0.238 e. The molecule has 0 radical (unpaired) electrons. The van der Waals surface area contributed by atoms with Crippen LogP contribution in [0.2, 0.25) is 0 Å². The molecule has 3 aromatic rings. The van der Waals surface area contributed by atoms with Gasteiger partial charge in [-0.25, -0.2) is 4.98 Å². The van der Waals surface area contributed by atoms with Gasteiger partial charge in [0.05, 0.1) is 17.7 Å². The number of carbonyl (C=O) groups is 1. The predicted molar refractivity (Wildman–Crippen MR) is 121 cm³/mol. The van der Waals surface area contributed by atoms with Crippen molar-refractivity contribution in [1.82, 2.24) is 14.8 Å². The van der Waals surface area contributed by atoms with E-state index in [1.807, 2.05) is 36.4 Å². The molecule has 0 saturated carbocycles. The van der Waals surface area contributed by atoms with Crippen LogP contribution in [0.5, 0.6) is 0 Å². The first-order chi connectivity index (χ1) is 14.7. The minimum Gasteiger partial charge on any atom is -0.326 e. The number of amides is 1.